The second-order valence-corrected chi connectivity index (χ2v) is 7.45. The first-order valence-corrected chi connectivity index (χ1v) is 9.62. The number of carbonyl (C=O) groups excluding carboxylic acids is 1. The minimum absolute atomic E-state index is 0.172. The Morgan fingerprint density at radius 2 is 1.71 bits per heavy atom. The Kier molecular flexibility index (Phi) is 4.95. The average Bonchev–Trinajstić information content (AvgIpc) is 3.38. The van der Waals surface area contributed by atoms with Gasteiger partial charge in [-0.1, -0.05) is 0 Å². The molecule has 0 bridgehead atoms. The lowest BCUT2D eigenvalue weighted by Crippen LogP contribution is -2.11. The summed E-state index contributed by atoms with van der Waals surface area (Å²) in [7, 11) is 1.64. The third-order valence-electron chi connectivity index (χ3n) is 4.41. The third kappa shape index (κ3) is 3.68. The zero-order valence-corrected chi connectivity index (χ0v) is 16.4. The molecule has 6 heteroatoms. The van der Waals surface area contributed by atoms with Crippen LogP contribution in [0.15, 0.2) is 73.1 Å². The third-order valence-corrected chi connectivity index (χ3v) is 5.30. The van der Waals surface area contributed by atoms with E-state index in [4.69, 9.17) is 4.74 Å². The lowest BCUT2D eigenvalue weighted by molar-refractivity contribution is 0.102. The number of hydrogen-bond acceptors (Lipinski definition) is 4. The fraction of sp³-hybridized carbons (Fsp3) is 0.0909. The molecule has 4 aromatic rings. The summed E-state index contributed by atoms with van der Waals surface area (Å²) < 4.78 is 7.19. The van der Waals surface area contributed by atoms with Gasteiger partial charge in [0.25, 0.3) is 5.91 Å². The molecule has 2 aromatic heterocycles. The molecule has 1 amide bonds. The van der Waals surface area contributed by atoms with Crippen LogP contribution < -0.4 is 10.1 Å². The number of ether oxygens (including phenoxy) is 1. The number of nitrogens with zero attached hydrogens (tertiary/aromatic N) is 2. The van der Waals surface area contributed by atoms with Crippen molar-refractivity contribution in [3.8, 4) is 22.7 Å². The smallest absolute Gasteiger partial charge is 0.257 e. The van der Waals surface area contributed by atoms with Gasteiger partial charge in [-0.15, -0.1) is 11.3 Å². The maximum Gasteiger partial charge on any atom is 0.257 e. The van der Waals surface area contributed by atoms with Gasteiger partial charge in [0.2, 0.25) is 0 Å². The van der Waals surface area contributed by atoms with Crippen LogP contribution in [0.2, 0.25) is 0 Å². The number of anilines is 1. The quantitative estimate of drug-likeness (QED) is 0.512. The van der Waals surface area contributed by atoms with Crippen molar-refractivity contribution in [2.24, 2.45) is 0 Å². The zero-order valence-electron chi connectivity index (χ0n) is 15.5. The topological polar surface area (TPSA) is 56.1 Å². The number of nitrogens with one attached hydrogen (secondary N) is 1. The highest BCUT2D eigenvalue weighted by atomic mass is 32.1. The molecular weight excluding hydrogens is 370 g/mol. The maximum absolute atomic E-state index is 12.6. The van der Waals surface area contributed by atoms with E-state index >= 15 is 0 Å². The first-order valence-electron chi connectivity index (χ1n) is 8.80. The van der Waals surface area contributed by atoms with Crippen molar-refractivity contribution in [1.82, 2.24) is 9.55 Å². The Morgan fingerprint density at radius 3 is 2.36 bits per heavy atom. The van der Waals surface area contributed by atoms with E-state index < -0.39 is 0 Å². The summed E-state index contributed by atoms with van der Waals surface area (Å²) in [5.74, 6) is 0.627. The Hall–Kier alpha value is -3.38. The van der Waals surface area contributed by atoms with Crippen molar-refractivity contribution in [3.63, 3.8) is 0 Å². The number of thiazole rings is 1. The van der Waals surface area contributed by atoms with Gasteiger partial charge < -0.3 is 9.30 Å². The van der Waals surface area contributed by atoms with Gasteiger partial charge in [0.1, 0.15) is 5.75 Å². The molecule has 0 radical (unpaired) electrons. The van der Waals surface area contributed by atoms with Gasteiger partial charge in [-0.2, -0.15) is 0 Å². The summed E-state index contributed by atoms with van der Waals surface area (Å²) in [4.78, 5) is 18.2. The SMILES string of the molecule is COc1ccc(-c2nc(NC(=O)c3ccc(-n4cccc4)cc3)sc2C)cc1. The molecule has 0 aliphatic carbocycles. The fourth-order valence-corrected chi connectivity index (χ4v) is 3.76. The molecule has 0 saturated carbocycles. The van der Waals surface area contributed by atoms with Crippen molar-refractivity contribution in [2.45, 2.75) is 6.92 Å². The van der Waals surface area contributed by atoms with Crippen LogP contribution in [-0.4, -0.2) is 22.6 Å². The van der Waals surface area contributed by atoms with Crippen LogP contribution in [0.25, 0.3) is 16.9 Å². The molecule has 0 saturated heterocycles. The van der Waals surface area contributed by atoms with E-state index in [1.54, 1.807) is 7.11 Å². The molecular formula is C22H19N3O2S. The maximum atomic E-state index is 12.6. The second-order valence-electron chi connectivity index (χ2n) is 6.24. The summed E-state index contributed by atoms with van der Waals surface area (Å²) >= 11 is 1.46. The van der Waals surface area contributed by atoms with Crippen molar-refractivity contribution >= 4 is 22.4 Å². The standard InChI is InChI=1S/C22H19N3O2S/c1-15-20(16-7-11-19(27-2)12-8-16)23-22(28-15)24-21(26)17-5-9-18(10-6-17)25-13-3-4-14-25/h3-14H,1-2H3,(H,23,24,26). The first kappa shape index (κ1) is 18.0. The molecule has 28 heavy (non-hydrogen) atoms. The van der Waals surface area contributed by atoms with Crippen LogP contribution in [0.1, 0.15) is 15.2 Å². The molecule has 0 aliphatic rings. The number of methoxy groups -OCH3 is 1. The molecule has 0 spiro atoms. The Bertz CT molecular complexity index is 1080. The van der Waals surface area contributed by atoms with E-state index in [9.17, 15) is 4.79 Å². The predicted octanol–water partition coefficient (Wildman–Crippen LogP) is 5.17. The molecule has 2 aromatic carbocycles. The lowest BCUT2D eigenvalue weighted by Gasteiger charge is -2.05. The zero-order chi connectivity index (χ0) is 19.5. The normalized spacial score (nSPS) is 10.6. The summed E-state index contributed by atoms with van der Waals surface area (Å²) in [6.45, 7) is 2.00. The van der Waals surface area contributed by atoms with Gasteiger partial charge in [-0.3, -0.25) is 10.1 Å². The highest BCUT2D eigenvalue weighted by molar-refractivity contribution is 7.16. The number of amides is 1. The largest absolute Gasteiger partial charge is 0.497 e. The fourth-order valence-electron chi connectivity index (χ4n) is 2.93. The first-order chi connectivity index (χ1) is 13.6. The highest BCUT2D eigenvalue weighted by Gasteiger charge is 2.13. The van der Waals surface area contributed by atoms with Gasteiger partial charge >= 0.3 is 0 Å². The van der Waals surface area contributed by atoms with Crippen LogP contribution in [0.5, 0.6) is 5.75 Å². The summed E-state index contributed by atoms with van der Waals surface area (Å²) in [5, 5.41) is 3.49. The van der Waals surface area contributed by atoms with Gasteiger partial charge in [-0.05, 0) is 67.6 Å². The minimum Gasteiger partial charge on any atom is -0.497 e. The molecule has 5 nitrogen and oxygen atoms in total. The van der Waals surface area contributed by atoms with Crippen LogP contribution >= 0.6 is 11.3 Å². The molecule has 1 N–H and O–H groups in total. The van der Waals surface area contributed by atoms with E-state index in [-0.39, 0.29) is 5.91 Å². The predicted molar refractivity (Wildman–Crippen MR) is 113 cm³/mol. The van der Waals surface area contributed by atoms with Crippen molar-refractivity contribution in [2.75, 3.05) is 12.4 Å². The van der Waals surface area contributed by atoms with Crippen LogP contribution in [0.4, 0.5) is 5.13 Å². The van der Waals surface area contributed by atoms with Crippen molar-refractivity contribution in [1.29, 1.82) is 0 Å². The summed E-state index contributed by atoms with van der Waals surface area (Å²) in [5.41, 5.74) is 3.46. The Labute approximate surface area is 167 Å². The van der Waals surface area contributed by atoms with E-state index in [1.165, 1.54) is 11.3 Å². The summed E-state index contributed by atoms with van der Waals surface area (Å²) in [6, 6.07) is 19.1. The second kappa shape index (κ2) is 7.70. The molecule has 0 fully saturated rings. The van der Waals surface area contributed by atoms with Gasteiger partial charge in [0.05, 0.1) is 12.8 Å². The average molecular weight is 389 g/mol. The summed E-state index contributed by atoms with van der Waals surface area (Å²) in [6.07, 6.45) is 3.93. The van der Waals surface area contributed by atoms with Gasteiger partial charge in [-0.25, -0.2) is 4.98 Å². The van der Waals surface area contributed by atoms with Gasteiger partial charge in [0, 0.05) is 34.1 Å². The molecule has 0 aliphatic heterocycles. The van der Waals surface area contributed by atoms with E-state index in [2.05, 4.69) is 10.3 Å². The Morgan fingerprint density at radius 1 is 1.04 bits per heavy atom. The number of rotatable bonds is 5. The van der Waals surface area contributed by atoms with Gasteiger partial charge in [0.15, 0.2) is 5.13 Å². The van der Waals surface area contributed by atoms with E-state index in [0.29, 0.717) is 10.7 Å². The molecule has 0 unspecified atom stereocenters. The minimum atomic E-state index is -0.172. The van der Waals surface area contributed by atoms with Crippen molar-refractivity contribution in [3.05, 3.63) is 83.5 Å². The number of aryl methyl sites for hydroxylation is 1. The van der Waals surface area contributed by atoms with Crippen LogP contribution in [0.3, 0.4) is 0 Å². The van der Waals surface area contributed by atoms with Crippen LogP contribution in [0, 0.1) is 6.92 Å². The Balaban J connectivity index is 1.50. The van der Waals surface area contributed by atoms with Crippen molar-refractivity contribution < 1.29 is 9.53 Å². The number of hydrogen-bond donors (Lipinski definition) is 1. The number of benzene rings is 2. The molecule has 140 valence electrons. The molecule has 0 atom stereocenters. The highest BCUT2D eigenvalue weighted by Crippen LogP contribution is 2.31. The molecule has 4 rings (SSSR count). The van der Waals surface area contributed by atoms with E-state index in [1.807, 2.05) is 84.5 Å². The van der Waals surface area contributed by atoms with E-state index in [0.717, 1.165) is 27.6 Å². The van der Waals surface area contributed by atoms with Crippen LogP contribution in [-0.2, 0) is 0 Å². The number of aromatic nitrogens is 2. The monoisotopic (exact) mass is 389 g/mol. The lowest BCUT2D eigenvalue weighted by atomic mass is 10.1. The number of carbonyl (C=O) groups is 1. The molecule has 2 heterocycles.